The van der Waals surface area contributed by atoms with Gasteiger partial charge < -0.3 is 14.5 Å². The van der Waals surface area contributed by atoms with Crippen molar-refractivity contribution in [3.05, 3.63) is 0 Å². The molecule has 0 radical (unpaired) electrons. The average molecular weight is 343 g/mol. The molecule has 0 aromatic carbocycles. The molecule has 2 rings (SSSR count). The van der Waals surface area contributed by atoms with E-state index in [4.69, 9.17) is 4.74 Å². The van der Waals surface area contributed by atoms with Crippen molar-refractivity contribution in [1.82, 2.24) is 14.7 Å². The van der Waals surface area contributed by atoms with Crippen molar-refractivity contribution in [3.8, 4) is 0 Å². The summed E-state index contributed by atoms with van der Waals surface area (Å²) in [5.74, 6) is 0.222. The number of thiol groups is 1. The van der Waals surface area contributed by atoms with Gasteiger partial charge in [0.25, 0.3) is 0 Å². The predicted octanol–water partition coefficient (Wildman–Crippen LogP) is 1.46. The van der Waals surface area contributed by atoms with Crippen molar-refractivity contribution < 1.29 is 14.3 Å². The molecule has 2 aliphatic rings. The van der Waals surface area contributed by atoms with Crippen molar-refractivity contribution in [1.29, 1.82) is 0 Å². The number of nitrogens with zero attached hydrogens (tertiary/aromatic N) is 3. The van der Waals surface area contributed by atoms with E-state index in [1.54, 1.807) is 4.90 Å². The minimum absolute atomic E-state index is 0.194. The van der Waals surface area contributed by atoms with Crippen LogP contribution >= 0.6 is 12.6 Å². The molecule has 23 heavy (non-hydrogen) atoms. The number of piperazine rings is 1. The minimum Gasteiger partial charge on any atom is -0.444 e. The van der Waals surface area contributed by atoms with Gasteiger partial charge in [-0.1, -0.05) is 0 Å². The smallest absolute Gasteiger partial charge is 0.410 e. The maximum atomic E-state index is 12.0. The molecule has 0 aromatic rings. The van der Waals surface area contributed by atoms with E-state index in [-0.39, 0.29) is 17.3 Å². The summed E-state index contributed by atoms with van der Waals surface area (Å²) in [5, 5.41) is 0.194. The van der Waals surface area contributed by atoms with E-state index in [1.807, 2.05) is 25.7 Å². The van der Waals surface area contributed by atoms with Crippen LogP contribution in [0.4, 0.5) is 4.79 Å². The largest absolute Gasteiger partial charge is 0.444 e. The zero-order chi connectivity index (χ0) is 17.0. The Labute approximate surface area is 144 Å². The Bertz CT molecular complexity index is 431. The first kappa shape index (κ1) is 18.4. The number of hydrogen-bond acceptors (Lipinski definition) is 5. The van der Waals surface area contributed by atoms with Gasteiger partial charge in [0.1, 0.15) is 5.60 Å². The Kier molecular flexibility index (Phi) is 6.19. The van der Waals surface area contributed by atoms with Gasteiger partial charge in [-0.2, -0.15) is 12.6 Å². The lowest BCUT2D eigenvalue weighted by Crippen LogP contribution is -2.50. The molecule has 0 aliphatic carbocycles. The van der Waals surface area contributed by atoms with Crippen LogP contribution in [0.2, 0.25) is 0 Å². The highest BCUT2D eigenvalue weighted by Crippen LogP contribution is 2.16. The third kappa shape index (κ3) is 5.88. The molecule has 6 nitrogen and oxygen atoms in total. The van der Waals surface area contributed by atoms with E-state index < -0.39 is 5.60 Å². The SMILES string of the molecule is CC(C)(C)OC(=O)N1CCN(CCCN2CC(S)CC2=O)CC1. The molecule has 0 saturated carbocycles. The molecule has 0 spiro atoms. The van der Waals surface area contributed by atoms with Crippen molar-refractivity contribution in [3.63, 3.8) is 0 Å². The van der Waals surface area contributed by atoms with Crippen LogP contribution in [0, 0.1) is 0 Å². The highest BCUT2D eigenvalue weighted by molar-refractivity contribution is 7.81. The molecule has 2 aliphatic heterocycles. The summed E-state index contributed by atoms with van der Waals surface area (Å²) in [4.78, 5) is 29.7. The van der Waals surface area contributed by atoms with Crippen LogP contribution in [0.15, 0.2) is 0 Å². The van der Waals surface area contributed by atoms with Gasteiger partial charge in [0.15, 0.2) is 0 Å². The zero-order valence-electron chi connectivity index (χ0n) is 14.5. The quantitative estimate of drug-likeness (QED) is 0.785. The summed E-state index contributed by atoms with van der Waals surface area (Å²) in [5.41, 5.74) is -0.443. The molecular weight excluding hydrogens is 314 g/mol. The van der Waals surface area contributed by atoms with Crippen molar-refractivity contribution >= 4 is 24.6 Å². The van der Waals surface area contributed by atoms with Crippen LogP contribution in [-0.4, -0.2) is 83.4 Å². The predicted molar refractivity (Wildman–Crippen MR) is 92.8 cm³/mol. The Morgan fingerprint density at radius 3 is 2.39 bits per heavy atom. The molecule has 1 atom stereocenters. The van der Waals surface area contributed by atoms with Crippen LogP contribution in [0.3, 0.4) is 0 Å². The van der Waals surface area contributed by atoms with E-state index in [1.165, 1.54) is 0 Å². The second-order valence-electron chi connectivity index (χ2n) is 7.36. The first-order chi connectivity index (χ1) is 10.7. The molecule has 2 fully saturated rings. The Hall–Kier alpha value is -0.950. The fraction of sp³-hybridized carbons (Fsp3) is 0.875. The second-order valence-corrected chi connectivity index (χ2v) is 8.09. The van der Waals surface area contributed by atoms with Crippen molar-refractivity contribution in [2.45, 2.75) is 44.5 Å². The van der Waals surface area contributed by atoms with Gasteiger partial charge in [-0.3, -0.25) is 9.69 Å². The second kappa shape index (κ2) is 7.75. The van der Waals surface area contributed by atoms with Crippen LogP contribution < -0.4 is 0 Å². The number of rotatable bonds is 4. The number of carbonyl (C=O) groups is 2. The maximum absolute atomic E-state index is 12.0. The topological polar surface area (TPSA) is 53.1 Å². The first-order valence-corrected chi connectivity index (χ1v) is 8.92. The number of hydrogen-bond donors (Lipinski definition) is 1. The summed E-state index contributed by atoms with van der Waals surface area (Å²) in [6.45, 7) is 11.3. The fourth-order valence-corrected chi connectivity index (χ4v) is 3.29. The van der Waals surface area contributed by atoms with E-state index in [0.717, 1.165) is 39.1 Å². The van der Waals surface area contributed by atoms with Gasteiger partial charge in [0.2, 0.25) is 5.91 Å². The van der Waals surface area contributed by atoms with E-state index in [2.05, 4.69) is 17.5 Å². The van der Waals surface area contributed by atoms with Gasteiger partial charge in [-0.25, -0.2) is 4.79 Å². The number of ether oxygens (including phenoxy) is 1. The van der Waals surface area contributed by atoms with Gasteiger partial charge in [-0.05, 0) is 33.7 Å². The van der Waals surface area contributed by atoms with Crippen molar-refractivity contribution in [2.75, 3.05) is 45.8 Å². The first-order valence-electron chi connectivity index (χ1n) is 8.41. The third-order valence-corrected chi connectivity index (χ3v) is 4.47. The highest BCUT2D eigenvalue weighted by Gasteiger charge is 2.28. The monoisotopic (exact) mass is 343 g/mol. The summed E-state index contributed by atoms with van der Waals surface area (Å²) >= 11 is 4.37. The third-order valence-electron chi connectivity index (χ3n) is 4.12. The molecule has 0 aromatic heterocycles. The van der Waals surface area contributed by atoms with Crippen LogP contribution in [0.5, 0.6) is 0 Å². The van der Waals surface area contributed by atoms with Crippen molar-refractivity contribution in [2.24, 2.45) is 0 Å². The highest BCUT2D eigenvalue weighted by atomic mass is 32.1. The summed E-state index contributed by atoms with van der Waals surface area (Å²) < 4.78 is 5.40. The zero-order valence-corrected chi connectivity index (χ0v) is 15.3. The van der Waals surface area contributed by atoms with Gasteiger partial charge >= 0.3 is 6.09 Å². The molecule has 2 saturated heterocycles. The summed E-state index contributed by atoms with van der Waals surface area (Å²) in [6, 6.07) is 0. The maximum Gasteiger partial charge on any atom is 0.410 e. The Morgan fingerprint density at radius 1 is 1.22 bits per heavy atom. The summed E-state index contributed by atoms with van der Waals surface area (Å²) in [7, 11) is 0. The van der Waals surface area contributed by atoms with Crippen LogP contribution in [0.1, 0.15) is 33.6 Å². The molecule has 0 bridgehead atoms. The number of carbonyl (C=O) groups excluding carboxylic acids is 2. The molecule has 0 N–H and O–H groups in total. The molecule has 2 amide bonds. The van der Waals surface area contributed by atoms with E-state index in [0.29, 0.717) is 19.5 Å². The van der Waals surface area contributed by atoms with Crippen LogP contribution in [0.25, 0.3) is 0 Å². The number of amides is 2. The van der Waals surface area contributed by atoms with Gasteiger partial charge in [-0.15, -0.1) is 0 Å². The van der Waals surface area contributed by atoms with E-state index in [9.17, 15) is 9.59 Å². The molecule has 7 heteroatoms. The van der Waals surface area contributed by atoms with Gasteiger partial charge in [0.05, 0.1) is 0 Å². The molecular formula is C16H29N3O3S. The lowest BCUT2D eigenvalue weighted by Gasteiger charge is -2.35. The standard InChI is InChI=1S/C16H29N3O3S/c1-16(2,3)22-15(21)18-9-7-17(8-10-18)5-4-6-19-12-13(23)11-14(19)20/h13,23H,4-12H2,1-3H3. The molecule has 132 valence electrons. The molecule has 2 heterocycles. The Morgan fingerprint density at radius 2 is 1.87 bits per heavy atom. The van der Waals surface area contributed by atoms with Gasteiger partial charge in [0, 0.05) is 50.9 Å². The number of likely N-dealkylation sites (tertiary alicyclic amines) is 1. The van der Waals surface area contributed by atoms with E-state index >= 15 is 0 Å². The Balaban J connectivity index is 1.63. The minimum atomic E-state index is -0.443. The normalized spacial score (nSPS) is 23.5. The molecule has 1 unspecified atom stereocenters. The summed E-state index contributed by atoms with van der Waals surface area (Å²) in [6.07, 6.45) is 1.32. The fourth-order valence-electron chi connectivity index (χ4n) is 2.93. The van der Waals surface area contributed by atoms with Crippen LogP contribution in [-0.2, 0) is 9.53 Å². The lowest BCUT2D eigenvalue weighted by atomic mass is 10.2. The lowest BCUT2D eigenvalue weighted by molar-refractivity contribution is -0.127. The average Bonchev–Trinajstić information content (AvgIpc) is 2.76.